The molecule has 0 aromatic rings. The van der Waals surface area contributed by atoms with Crippen LogP contribution < -0.4 is 5.14 Å². The largest absolute Gasteiger partial charge is 0.379 e. The Hall–Kier alpha value is -0.170. The average molecular weight is 295 g/mol. The first-order valence-electron chi connectivity index (χ1n) is 7.05. The van der Waals surface area contributed by atoms with Crippen molar-refractivity contribution in [1.29, 1.82) is 0 Å². The van der Waals surface area contributed by atoms with Crippen LogP contribution in [0.15, 0.2) is 0 Å². The van der Waals surface area contributed by atoms with E-state index >= 15 is 0 Å². The third-order valence-electron chi connectivity index (χ3n) is 3.43. The van der Waals surface area contributed by atoms with Gasteiger partial charge in [-0.1, -0.05) is 27.2 Å². The van der Waals surface area contributed by atoms with Crippen molar-refractivity contribution < 1.29 is 17.9 Å². The summed E-state index contributed by atoms with van der Waals surface area (Å²) < 4.78 is 33.5. The molecule has 6 heteroatoms. The number of ether oxygens (including phenoxy) is 2. The maximum atomic E-state index is 11.3. The first-order valence-corrected chi connectivity index (χ1v) is 8.76. The molecule has 0 saturated carbocycles. The molecule has 0 fully saturated rings. The minimum atomic E-state index is -3.47. The number of sulfonamides is 1. The number of nitrogens with two attached hydrogens (primary N) is 1. The molecule has 0 bridgehead atoms. The van der Waals surface area contributed by atoms with Gasteiger partial charge >= 0.3 is 0 Å². The van der Waals surface area contributed by atoms with E-state index in [-0.39, 0.29) is 11.2 Å². The van der Waals surface area contributed by atoms with Crippen molar-refractivity contribution in [3.8, 4) is 0 Å². The highest BCUT2D eigenvalue weighted by molar-refractivity contribution is 7.89. The van der Waals surface area contributed by atoms with Gasteiger partial charge in [0.15, 0.2) is 0 Å². The number of primary sulfonamides is 1. The van der Waals surface area contributed by atoms with Gasteiger partial charge in [0.2, 0.25) is 10.0 Å². The van der Waals surface area contributed by atoms with Crippen LogP contribution in [-0.2, 0) is 19.5 Å². The van der Waals surface area contributed by atoms with Crippen LogP contribution in [0.5, 0.6) is 0 Å². The van der Waals surface area contributed by atoms with Gasteiger partial charge in [-0.15, -0.1) is 0 Å². The zero-order valence-electron chi connectivity index (χ0n) is 12.5. The maximum Gasteiger partial charge on any atom is 0.209 e. The lowest BCUT2D eigenvalue weighted by molar-refractivity contribution is 0.00782. The molecule has 0 amide bonds. The number of unbranched alkanes of at least 4 members (excludes halogenated alkanes) is 1. The lowest BCUT2D eigenvalue weighted by atomic mass is 9.85. The molecule has 0 aromatic carbocycles. The highest BCUT2D eigenvalue weighted by Gasteiger charge is 2.31. The van der Waals surface area contributed by atoms with Gasteiger partial charge in [-0.3, -0.25) is 0 Å². The molecule has 0 heterocycles. The lowest BCUT2D eigenvalue weighted by Gasteiger charge is -2.30. The van der Waals surface area contributed by atoms with Crippen molar-refractivity contribution in [1.82, 2.24) is 0 Å². The summed E-state index contributed by atoms with van der Waals surface area (Å²) >= 11 is 0. The molecule has 0 unspecified atom stereocenters. The SMILES string of the molecule is CCCCOCCOCC(CC)(CC)CS(N)(=O)=O. The van der Waals surface area contributed by atoms with Crippen LogP contribution >= 0.6 is 0 Å². The molecule has 0 radical (unpaired) electrons. The Kier molecular flexibility index (Phi) is 9.60. The van der Waals surface area contributed by atoms with E-state index in [1.54, 1.807) is 0 Å². The van der Waals surface area contributed by atoms with Gasteiger partial charge in [0.25, 0.3) is 0 Å². The summed E-state index contributed by atoms with van der Waals surface area (Å²) in [6.45, 7) is 8.27. The zero-order valence-corrected chi connectivity index (χ0v) is 13.3. The van der Waals surface area contributed by atoms with E-state index in [1.165, 1.54) is 0 Å². The molecular weight excluding hydrogens is 266 g/mol. The van der Waals surface area contributed by atoms with Crippen molar-refractivity contribution in [3.63, 3.8) is 0 Å². The molecule has 0 spiro atoms. The second kappa shape index (κ2) is 9.69. The summed E-state index contributed by atoms with van der Waals surface area (Å²) in [5.74, 6) is -0.0241. The van der Waals surface area contributed by atoms with E-state index < -0.39 is 10.0 Å². The highest BCUT2D eigenvalue weighted by atomic mass is 32.2. The fourth-order valence-corrected chi connectivity index (χ4v) is 3.23. The predicted octanol–water partition coefficient (Wildman–Crippen LogP) is 1.91. The van der Waals surface area contributed by atoms with E-state index in [0.29, 0.717) is 19.8 Å². The molecule has 0 aliphatic rings. The quantitative estimate of drug-likeness (QED) is 0.558. The monoisotopic (exact) mass is 295 g/mol. The highest BCUT2D eigenvalue weighted by Crippen LogP contribution is 2.28. The van der Waals surface area contributed by atoms with Crippen LogP contribution in [0.4, 0.5) is 0 Å². The van der Waals surface area contributed by atoms with Crippen molar-refractivity contribution in [2.24, 2.45) is 10.6 Å². The van der Waals surface area contributed by atoms with Crippen molar-refractivity contribution >= 4 is 10.0 Å². The van der Waals surface area contributed by atoms with E-state index in [9.17, 15) is 8.42 Å². The molecule has 5 nitrogen and oxygen atoms in total. The Labute approximate surface area is 117 Å². The van der Waals surface area contributed by atoms with Crippen LogP contribution in [-0.4, -0.2) is 40.6 Å². The van der Waals surface area contributed by atoms with Gasteiger partial charge in [-0.05, 0) is 19.3 Å². The van der Waals surface area contributed by atoms with E-state index in [4.69, 9.17) is 14.6 Å². The molecule has 0 aromatic heterocycles. The minimum absolute atomic E-state index is 0.0241. The molecule has 0 rings (SSSR count). The molecule has 0 saturated heterocycles. The molecular formula is C13H29NO4S. The third-order valence-corrected chi connectivity index (χ3v) is 4.44. The fourth-order valence-electron chi connectivity index (χ4n) is 1.88. The summed E-state index contributed by atoms with van der Waals surface area (Å²) in [6, 6.07) is 0. The van der Waals surface area contributed by atoms with Crippen LogP contribution in [0.1, 0.15) is 46.5 Å². The van der Waals surface area contributed by atoms with Crippen LogP contribution in [0.3, 0.4) is 0 Å². The average Bonchev–Trinajstić information content (AvgIpc) is 2.35. The summed E-state index contributed by atoms with van der Waals surface area (Å²) in [6.07, 6.45) is 3.64. The van der Waals surface area contributed by atoms with Gasteiger partial charge < -0.3 is 9.47 Å². The van der Waals surface area contributed by atoms with Crippen LogP contribution in [0.2, 0.25) is 0 Å². The first kappa shape index (κ1) is 18.8. The fraction of sp³-hybridized carbons (Fsp3) is 1.00. The van der Waals surface area contributed by atoms with Gasteiger partial charge in [0, 0.05) is 12.0 Å². The Morgan fingerprint density at radius 2 is 1.58 bits per heavy atom. The van der Waals surface area contributed by atoms with Gasteiger partial charge in [-0.2, -0.15) is 0 Å². The van der Waals surface area contributed by atoms with Gasteiger partial charge in [0.1, 0.15) is 0 Å². The van der Waals surface area contributed by atoms with Gasteiger partial charge in [0.05, 0.1) is 25.6 Å². The Balaban J connectivity index is 4.01. The smallest absolute Gasteiger partial charge is 0.209 e. The second-order valence-electron chi connectivity index (χ2n) is 5.03. The summed E-state index contributed by atoms with van der Waals surface area (Å²) in [5, 5.41) is 5.15. The topological polar surface area (TPSA) is 78.6 Å². The predicted molar refractivity (Wildman–Crippen MR) is 77.5 cm³/mol. The van der Waals surface area contributed by atoms with Crippen molar-refractivity contribution in [3.05, 3.63) is 0 Å². The number of rotatable bonds is 12. The second-order valence-corrected chi connectivity index (χ2v) is 6.65. The molecule has 116 valence electrons. The number of hydrogen-bond donors (Lipinski definition) is 1. The first-order chi connectivity index (χ1) is 8.89. The van der Waals surface area contributed by atoms with E-state index in [2.05, 4.69) is 6.92 Å². The van der Waals surface area contributed by atoms with Crippen molar-refractivity contribution in [2.75, 3.05) is 32.2 Å². The lowest BCUT2D eigenvalue weighted by Crippen LogP contribution is -2.37. The summed E-state index contributed by atoms with van der Waals surface area (Å²) in [4.78, 5) is 0. The van der Waals surface area contributed by atoms with Crippen molar-refractivity contribution in [2.45, 2.75) is 46.5 Å². The molecule has 0 atom stereocenters. The Morgan fingerprint density at radius 1 is 1.00 bits per heavy atom. The normalized spacial score (nSPS) is 12.8. The molecule has 2 N–H and O–H groups in total. The summed E-state index contributed by atoms with van der Waals surface area (Å²) in [7, 11) is -3.47. The van der Waals surface area contributed by atoms with E-state index in [1.807, 2.05) is 13.8 Å². The third kappa shape index (κ3) is 9.38. The standard InChI is InChI=1S/C13H29NO4S/c1-4-7-8-17-9-10-18-11-13(5-2,6-3)12-19(14,15)16/h4-12H2,1-3H3,(H2,14,15,16). The Bertz CT molecular complexity index is 313. The molecule has 0 aliphatic heterocycles. The van der Waals surface area contributed by atoms with E-state index in [0.717, 1.165) is 32.3 Å². The van der Waals surface area contributed by atoms with Gasteiger partial charge in [-0.25, -0.2) is 13.6 Å². The molecule has 19 heavy (non-hydrogen) atoms. The Morgan fingerprint density at radius 3 is 2.05 bits per heavy atom. The summed E-state index contributed by atoms with van der Waals surface area (Å²) in [5.41, 5.74) is -0.378. The zero-order chi connectivity index (χ0) is 14.8. The minimum Gasteiger partial charge on any atom is -0.379 e. The number of hydrogen-bond acceptors (Lipinski definition) is 4. The van der Waals surface area contributed by atoms with Crippen LogP contribution in [0, 0.1) is 5.41 Å². The molecule has 0 aliphatic carbocycles. The maximum absolute atomic E-state index is 11.3. The van der Waals surface area contributed by atoms with Crippen LogP contribution in [0.25, 0.3) is 0 Å².